The second-order valence-corrected chi connectivity index (χ2v) is 9.01. The highest BCUT2D eigenvalue weighted by molar-refractivity contribution is 7.92. The van der Waals surface area contributed by atoms with E-state index < -0.39 is 14.6 Å². The summed E-state index contributed by atoms with van der Waals surface area (Å²) in [6.07, 6.45) is 1.15. The van der Waals surface area contributed by atoms with E-state index in [1.54, 1.807) is 19.9 Å². The molecule has 118 valence electrons. The molecule has 0 unspecified atom stereocenters. The third kappa shape index (κ3) is 4.68. The maximum atomic E-state index is 12.2. The minimum Gasteiger partial charge on any atom is -0.350 e. The Hall–Kier alpha value is -1.14. The monoisotopic (exact) mass is 332 g/mol. The Morgan fingerprint density at radius 2 is 1.95 bits per heavy atom. The minimum absolute atomic E-state index is 0.0294. The molecule has 0 aromatic carbocycles. The quantitative estimate of drug-likeness (QED) is 0.840. The lowest BCUT2D eigenvalue weighted by Crippen LogP contribution is -2.43. The van der Waals surface area contributed by atoms with Gasteiger partial charge in [0.25, 0.3) is 5.91 Å². The number of amides is 1. The normalized spacial score (nSPS) is 12.5. The van der Waals surface area contributed by atoms with Crippen LogP contribution >= 0.6 is 11.6 Å². The average molecular weight is 333 g/mol. The zero-order valence-electron chi connectivity index (χ0n) is 12.9. The highest BCUT2D eigenvalue weighted by atomic mass is 35.5. The molecule has 1 rings (SSSR count). The summed E-state index contributed by atoms with van der Waals surface area (Å²) in [4.78, 5) is 16.3. The van der Waals surface area contributed by atoms with Gasteiger partial charge in [0.05, 0.1) is 4.75 Å². The van der Waals surface area contributed by atoms with Gasteiger partial charge in [-0.2, -0.15) is 0 Å². The third-order valence-electron chi connectivity index (χ3n) is 3.35. The summed E-state index contributed by atoms with van der Waals surface area (Å²) in [5, 5.41) is 2.88. The van der Waals surface area contributed by atoms with E-state index in [1.165, 1.54) is 6.07 Å². The molecule has 0 aliphatic rings. The van der Waals surface area contributed by atoms with Crippen LogP contribution in [0.4, 0.5) is 0 Å². The number of nitrogens with zero attached hydrogens (tertiary/aromatic N) is 1. The van der Waals surface area contributed by atoms with Gasteiger partial charge in [-0.3, -0.25) is 4.79 Å². The number of pyridine rings is 1. The van der Waals surface area contributed by atoms with E-state index in [0.717, 1.165) is 11.9 Å². The van der Waals surface area contributed by atoms with E-state index in [9.17, 15) is 13.2 Å². The second kappa shape index (κ2) is 6.32. The number of sulfone groups is 1. The SMILES string of the molecule is CC(C)c1cc(C(=O)NCC(C)(C)S(C)(=O)=O)cc(Cl)n1. The van der Waals surface area contributed by atoms with Crippen molar-refractivity contribution in [2.75, 3.05) is 12.8 Å². The van der Waals surface area contributed by atoms with Crippen molar-refractivity contribution in [3.63, 3.8) is 0 Å². The van der Waals surface area contributed by atoms with Crippen molar-refractivity contribution in [2.24, 2.45) is 0 Å². The number of aromatic nitrogens is 1. The van der Waals surface area contributed by atoms with Crippen molar-refractivity contribution in [1.82, 2.24) is 10.3 Å². The number of hydrogen-bond donors (Lipinski definition) is 1. The summed E-state index contributed by atoms with van der Waals surface area (Å²) < 4.78 is 22.2. The van der Waals surface area contributed by atoms with Gasteiger partial charge in [0, 0.05) is 24.1 Å². The fourth-order valence-electron chi connectivity index (χ4n) is 1.47. The van der Waals surface area contributed by atoms with Crippen molar-refractivity contribution in [2.45, 2.75) is 38.4 Å². The van der Waals surface area contributed by atoms with Gasteiger partial charge in [0.1, 0.15) is 5.15 Å². The first-order valence-electron chi connectivity index (χ1n) is 6.59. The molecular formula is C14H21ClN2O3S. The molecule has 5 nitrogen and oxygen atoms in total. The van der Waals surface area contributed by atoms with Gasteiger partial charge in [0.2, 0.25) is 0 Å². The Kier molecular flexibility index (Phi) is 5.39. The molecule has 1 N–H and O–H groups in total. The highest BCUT2D eigenvalue weighted by Gasteiger charge is 2.30. The number of halogens is 1. The van der Waals surface area contributed by atoms with E-state index in [1.807, 2.05) is 13.8 Å². The number of carbonyl (C=O) groups is 1. The largest absolute Gasteiger partial charge is 0.350 e. The first-order chi connectivity index (χ1) is 9.44. The first-order valence-corrected chi connectivity index (χ1v) is 8.86. The molecule has 0 bridgehead atoms. The molecule has 7 heteroatoms. The van der Waals surface area contributed by atoms with Crippen LogP contribution in [0.5, 0.6) is 0 Å². The Morgan fingerprint density at radius 1 is 1.38 bits per heavy atom. The zero-order chi connectivity index (χ0) is 16.4. The van der Waals surface area contributed by atoms with Crippen LogP contribution < -0.4 is 5.32 Å². The fraction of sp³-hybridized carbons (Fsp3) is 0.571. The van der Waals surface area contributed by atoms with Crippen molar-refractivity contribution in [3.8, 4) is 0 Å². The van der Waals surface area contributed by atoms with Crippen molar-refractivity contribution in [1.29, 1.82) is 0 Å². The van der Waals surface area contributed by atoms with Crippen LogP contribution in [0.3, 0.4) is 0 Å². The molecule has 0 aliphatic heterocycles. The van der Waals surface area contributed by atoms with Crippen LogP contribution in [0.2, 0.25) is 5.15 Å². The summed E-state index contributed by atoms with van der Waals surface area (Å²) >= 11 is 5.91. The van der Waals surface area contributed by atoms with Crippen LogP contribution in [-0.2, 0) is 9.84 Å². The van der Waals surface area contributed by atoms with Crippen molar-refractivity contribution < 1.29 is 13.2 Å². The standard InChI is InChI=1S/C14H21ClN2O3S/c1-9(2)11-6-10(7-12(15)17-11)13(18)16-8-14(3,4)21(5,19)20/h6-7,9H,8H2,1-5H3,(H,16,18). The average Bonchev–Trinajstić information content (AvgIpc) is 2.33. The molecule has 21 heavy (non-hydrogen) atoms. The Bertz CT molecular complexity index is 640. The van der Waals surface area contributed by atoms with E-state index in [0.29, 0.717) is 5.56 Å². The first kappa shape index (κ1) is 17.9. The number of nitrogens with one attached hydrogen (secondary N) is 1. The molecule has 1 aromatic heterocycles. The predicted molar refractivity (Wildman–Crippen MR) is 84.6 cm³/mol. The molecule has 0 spiro atoms. The Labute approximate surface area is 131 Å². The van der Waals surface area contributed by atoms with E-state index >= 15 is 0 Å². The molecule has 0 atom stereocenters. The molecule has 1 heterocycles. The predicted octanol–water partition coefficient (Wildman–Crippen LogP) is 2.41. The maximum absolute atomic E-state index is 12.2. The zero-order valence-corrected chi connectivity index (χ0v) is 14.5. The molecule has 1 amide bonds. The lowest BCUT2D eigenvalue weighted by Gasteiger charge is -2.22. The fourth-order valence-corrected chi connectivity index (χ4v) is 2.02. The van der Waals surface area contributed by atoms with E-state index in [4.69, 9.17) is 11.6 Å². The highest BCUT2D eigenvalue weighted by Crippen LogP contribution is 2.18. The van der Waals surface area contributed by atoms with Gasteiger partial charge in [-0.25, -0.2) is 13.4 Å². The van der Waals surface area contributed by atoms with Crippen molar-refractivity contribution >= 4 is 27.3 Å². The van der Waals surface area contributed by atoms with E-state index in [2.05, 4.69) is 10.3 Å². The Morgan fingerprint density at radius 3 is 2.43 bits per heavy atom. The lowest BCUT2D eigenvalue weighted by molar-refractivity contribution is 0.0950. The summed E-state index contributed by atoms with van der Waals surface area (Å²) in [5.74, 6) is -0.222. The van der Waals surface area contributed by atoms with Crippen LogP contribution in [0.1, 0.15) is 49.7 Å². The summed E-state index contributed by atoms with van der Waals surface area (Å²) in [5.41, 5.74) is 1.10. The number of hydrogen-bond acceptors (Lipinski definition) is 4. The van der Waals surface area contributed by atoms with E-state index in [-0.39, 0.29) is 23.5 Å². The van der Waals surface area contributed by atoms with Gasteiger partial charge in [-0.05, 0) is 31.9 Å². The molecule has 0 radical (unpaired) electrons. The molecule has 0 aliphatic carbocycles. The van der Waals surface area contributed by atoms with Crippen molar-refractivity contribution in [3.05, 3.63) is 28.5 Å². The summed E-state index contributed by atoms with van der Waals surface area (Å²) in [6.45, 7) is 7.07. The maximum Gasteiger partial charge on any atom is 0.251 e. The number of carbonyl (C=O) groups excluding carboxylic acids is 1. The second-order valence-electron chi connectivity index (χ2n) is 5.97. The Balaban J connectivity index is 2.91. The van der Waals surface area contributed by atoms with Crippen LogP contribution in [0, 0.1) is 0 Å². The third-order valence-corrected chi connectivity index (χ3v) is 5.69. The smallest absolute Gasteiger partial charge is 0.251 e. The van der Waals surface area contributed by atoms with Crippen LogP contribution in [0.25, 0.3) is 0 Å². The summed E-state index contributed by atoms with van der Waals surface area (Å²) in [7, 11) is -3.26. The van der Waals surface area contributed by atoms with Crippen LogP contribution in [0.15, 0.2) is 12.1 Å². The molecular weight excluding hydrogens is 312 g/mol. The van der Waals surface area contributed by atoms with Crippen LogP contribution in [-0.4, -0.2) is 36.9 Å². The van der Waals surface area contributed by atoms with Gasteiger partial charge < -0.3 is 5.32 Å². The molecule has 1 aromatic rings. The summed E-state index contributed by atoms with van der Waals surface area (Å²) in [6, 6.07) is 3.13. The van der Waals surface area contributed by atoms with Gasteiger partial charge >= 0.3 is 0 Å². The number of rotatable bonds is 5. The molecule has 0 fully saturated rings. The topological polar surface area (TPSA) is 76.1 Å². The lowest BCUT2D eigenvalue weighted by atomic mass is 10.1. The van der Waals surface area contributed by atoms with Gasteiger partial charge in [-0.1, -0.05) is 25.4 Å². The molecule has 0 saturated heterocycles. The molecule has 0 saturated carbocycles. The van der Waals surface area contributed by atoms with Gasteiger partial charge in [-0.15, -0.1) is 0 Å². The van der Waals surface area contributed by atoms with Gasteiger partial charge in [0.15, 0.2) is 9.84 Å². The minimum atomic E-state index is -3.26.